The summed E-state index contributed by atoms with van der Waals surface area (Å²) in [5, 5.41) is 22.8. The van der Waals surface area contributed by atoms with E-state index in [-0.39, 0.29) is 22.6 Å². The van der Waals surface area contributed by atoms with Gasteiger partial charge in [0, 0.05) is 17.8 Å². The molecule has 0 aromatic heterocycles. The Bertz CT molecular complexity index is 1260. The molecule has 3 rings (SSSR count). The van der Waals surface area contributed by atoms with Crippen LogP contribution in [-0.4, -0.2) is 23.9 Å². The molecule has 1 N–H and O–H groups in total. The van der Waals surface area contributed by atoms with Crippen LogP contribution in [0.3, 0.4) is 0 Å². The van der Waals surface area contributed by atoms with Crippen molar-refractivity contribution >= 4 is 29.3 Å². The molecule has 0 bridgehead atoms. The van der Waals surface area contributed by atoms with Gasteiger partial charge >= 0.3 is 5.97 Å². The number of benzene rings is 3. The molecule has 0 fully saturated rings. The van der Waals surface area contributed by atoms with E-state index in [2.05, 4.69) is 5.32 Å². The third-order valence-electron chi connectivity index (χ3n) is 4.41. The Balaban J connectivity index is 1.68. The number of carbonyl (C=O) groups is 2. The van der Waals surface area contributed by atoms with Crippen LogP contribution >= 0.6 is 0 Å². The van der Waals surface area contributed by atoms with Crippen molar-refractivity contribution in [2.24, 2.45) is 0 Å². The maximum atomic E-state index is 12.4. The number of esters is 1. The van der Waals surface area contributed by atoms with Crippen LogP contribution in [0.25, 0.3) is 6.08 Å². The zero-order valence-electron chi connectivity index (χ0n) is 17.3. The molecule has 9 heteroatoms. The summed E-state index contributed by atoms with van der Waals surface area (Å²) in [5.41, 5.74) is 0.737. The average Bonchev–Trinajstić information content (AvgIpc) is 2.84. The lowest BCUT2D eigenvalue weighted by molar-refractivity contribution is -0.384. The molecule has 164 valence electrons. The molecule has 0 heterocycles. The van der Waals surface area contributed by atoms with Gasteiger partial charge in [0.1, 0.15) is 23.1 Å². The van der Waals surface area contributed by atoms with E-state index in [1.165, 1.54) is 43.5 Å². The smallest absolute Gasteiger partial charge is 0.343 e. The van der Waals surface area contributed by atoms with Gasteiger partial charge < -0.3 is 14.8 Å². The minimum Gasteiger partial charge on any atom is -0.497 e. The van der Waals surface area contributed by atoms with Crippen molar-refractivity contribution < 1.29 is 24.0 Å². The van der Waals surface area contributed by atoms with E-state index in [9.17, 15) is 25.0 Å². The first kappa shape index (κ1) is 22.7. The van der Waals surface area contributed by atoms with Crippen molar-refractivity contribution in [3.05, 3.63) is 99.6 Å². The van der Waals surface area contributed by atoms with Gasteiger partial charge in [0.15, 0.2) is 0 Å². The topological polar surface area (TPSA) is 132 Å². The number of hydrogen-bond donors (Lipinski definition) is 1. The zero-order chi connectivity index (χ0) is 23.8. The molecule has 0 saturated heterocycles. The molecule has 0 unspecified atom stereocenters. The number of nitro benzene ring substituents is 1. The molecule has 0 aliphatic rings. The Morgan fingerprint density at radius 3 is 2.30 bits per heavy atom. The molecule has 0 radical (unpaired) electrons. The predicted molar refractivity (Wildman–Crippen MR) is 120 cm³/mol. The minimum absolute atomic E-state index is 0.0372. The van der Waals surface area contributed by atoms with Crippen LogP contribution in [-0.2, 0) is 4.79 Å². The van der Waals surface area contributed by atoms with Gasteiger partial charge in [-0.2, -0.15) is 5.26 Å². The summed E-state index contributed by atoms with van der Waals surface area (Å²) in [6, 6.07) is 19.8. The Labute approximate surface area is 188 Å². The Kier molecular flexibility index (Phi) is 7.13. The molecule has 3 aromatic carbocycles. The zero-order valence-corrected chi connectivity index (χ0v) is 17.3. The van der Waals surface area contributed by atoms with Crippen LogP contribution in [0.5, 0.6) is 11.5 Å². The standard InChI is InChI=1S/C24H17N3O6/c1-32-21-11-7-19(8-12-21)26-23(28)18(15-25)13-16-5-9-22(10-6-16)33-24(29)17-3-2-4-20(14-17)27(30)31/h2-14H,1H3,(H,26,28)/b18-13+. The minimum atomic E-state index is -0.751. The number of anilines is 1. The van der Waals surface area contributed by atoms with Crippen LogP contribution in [0.1, 0.15) is 15.9 Å². The number of carbonyl (C=O) groups excluding carboxylic acids is 2. The van der Waals surface area contributed by atoms with Gasteiger partial charge in [0.2, 0.25) is 0 Å². The maximum Gasteiger partial charge on any atom is 0.343 e. The molecule has 0 saturated carbocycles. The number of nitro groups is 1. The SMILES string of the molecule is COc1ccc(NC(=O)/C(C#N)=C/c2ccc(OC(=O)c3cccc([N+](=O)[O-])c3)cc2)cc1. The highest BCUT2D eigenvalue weighted by Crippen LogP contribution is 2.19. The van der Waals surface area contributed by atoms with Gasteiger partial charge in [-0.1, -0.05) is 18.2 Å². The number of methoxy groups -OCH3 is 1. The molecule has 33 heavy (non-hydrogen) atoms. The van der Waals surface area contributed by atoms with E-state index in [1.807, 2.05) is 6.07 Å². The van der Waals surface area contributed by atoms with Crippen molar-refractivity contribution in [2.75, 3.05) is 12.4 Å². The molecule has 0 aliphatic carbocycles. The lowest BCUT2D eigenvalue weighted by Gasteiger charge is -2.06. The lowest BCUT2D eigenvalue weighted by atomic mass is 10.1. The first-order chi connectivity index (χ1) is 15.9. The van der Waals surface area contributed by atoms with E-state index in [0.717, 1.165) is 6.07 Å². The summed E-state index contributed by atoms with van der Waals surface area (Å²) >= 11 is 0. The van der Waals surface area contributed by atoms with Gasteiger partial charge in [0.05, 0.1) is 17.6 Å². The first-order valence-electron chi connectivity index (χ1n) is 9.53. The summed E-state index contributed by atoms with van der Waals surface area (Å²) in [6.45, 7) is 0. The van der Waals surface area contributed by atoms with Gasteiger partial charge in [-0.25, -0.2) is 4.79 Å². The fourth-order valence-corrected chi connectivity index (χ4v) is 2.73. The van der Waals surface area contributed by atoms with E-state index in [1.54, 1.807) is 36.4 Å². The molecular formula is C24H17N3O6. The predicted octanol–water partition coefficient (Wildman–Crippen LogP) is 4.37. The molecule has 3 aromatic rings. The maximum absolute atomic E-state index is 12.4. The summed E-state index contributed by atoms with van der Waals surface area (Å²) in [7, 11) is 1.53. The van der Waals surface area contributed by atoms with Crippen LogP contribution in [0.2, 0.25) is 0 Å². The number of amides is 1. The number of hydrogen-bond acceptors (Lipinski definition) is 7. The number of nitriles is 1. The van der Waals surface area contributed by atoms with Gasteiger partial charge in [-0.15, -0.1) is 0 Å². The highest BCUT2D eigenvalue weighted by Gasteiger charge is 2.14. The second-order valence-electron chi connectivity index (χ2n) is 6.62. The van der Waals surface area contributed by atoms with Crippen molar-refractivity contribution in [1.29, 1.82) is 5.26 Å². The number of nitrogens with one attached hydrogen (secondary N) is 1. The quantitative estimate of drug-likeness (QED) is 0.143. The van der Waals surface area contributed by atoms with Gasteiger partial charge in [-0.3, -0.25) is 14.9 Å². The van der Waals surface area contributed by atoms with Crippen LogP contribution in [0.4, 0.5) is 11.4 Å². The van der Waals surface area contributed by atoms with Crippen LogP contribution in [0.15, 0.2) is 78.4 Å². The van der Waals surface area contributed by atoms with Crippen molar-refractivity contribution in [2.45, 2.75) is 0 Å². The van der Waals surface area contributed by atoms with E-state index < -0.39 is 16.8 Å². The summed E-state index contributed by atoms with van der Waals surface area (Å²) in [5.74, 6) is -0.498. The second kappa shape index (κ2) is 10.4. The van der Waals surface area contributed by atoms with E-state index in [0.29, 0.717) is 17.0 Å². The fraction of sp³-hybridized carbons (Fsp3) is 0.0417. The van der Waals surface area contributed by atoms with E-state index in [4.69, 9.17) is 9.47 Å². The molecular weight excluding hydrogens is 426 g/mol. The van der Waals surface area contributed by atoms with E-state index >= 15 is 0 Å². The van der Waals surface area contributed by atoms with Gasteiger partial charge in [-0.05, 0) is 54.1 Å². The largest absolute Gasteiger partial charge is 0.497 e. The monoisotopic (exact) mass is 443 g/mol. The Hall–Kier alpha value is -4.97. The normalized spacial score (nSPS) is 10.6. The molecule has 9 nitrogen and oxygen atoms in total. The lowest BCUT2D eigenvalue weighted by Crippen LogP contribution is -2.13. The van der Waals surface area contributed by atoms with Crippen molar-refractivity contribution in [1.82, 2.24) is 0 Å². The number of rotatable bonds is 7. The fourth-order valence-electron chi connectivity index (χ4n) is 2.73. The number of ether oxygens (including phenoxy) is 2. The molecule has 1 amide bonds. The number of non-ortho nitro benzene ring substituents is 1. The third-order valence-corrected chi connectivity index (χ3v) is 4.41. The average molecular weight is 443 g/mol. The van der Waals surface area contributed by atoms with Crippen LogP contribution in [0, 0.1) is 21.4 Å². The van der Waals surface area contributed by atoms with Crippen molar-refractivity contribution in [3.63, 3.8) is 0 Å². The Morgan fingerprint density at radius 2 is 1.70 bits per heavy atom. The second-order valence-corrected chi connectivity index (χ2v) is 6.62. The molecule has 0 atom stereocenters. The summed E-state index contributed by atoms with van der Waals surface area (Å²) in [6.07, 6.45) is 1.39. The highest BCUT2D eigenvalue weighted by atomic mass is 16.6. The molecule has 0 spiro atoms. The third kappa shape index (κ3) is 6.02. The Morgan fingerprint density at radius 1 is 1.03 bits per heavy atom. The molecule has 0 aliphatic heterocycles. The first-order valence-corrected chi connectivity index (χ1v) is 9.53. The summed E-state index contributed by atoms with van der Waals surface area (Å²) in [4.78, 5) is 34.9. The van der Waals surface area contributed by atoms with Gasteiger partial charge in [0.25, 0.3) is 11.6 Å². The number of nitrogens with zero attached hydrogens (tertiary/aromatic N) is 2. The van der Waals surface area contributed by atoms with Crippen molar-refractivity contribution in [3.8, 4) is 17.6 Å². The highest BCUT2D eigenvalue weighted by molar-refractivity contribution is 6.09. The van der Waals surface area contributed by atoms with Crippen LogP contribution < -0.4 is 14.8 Å². The summed E-state index contributed by atoms with van der Waals surface area (Å²) < 4.78 is 10.3.